The normalized spacial score (nSPS) is 10.8. The molecule has 0 spiro atoms. The predicted molar refractivity (Wildman–Crippen MR) is 117 cm³/mol. The van der Waals surface area contributed by atoms with Crippen LogP contribution in [0.1, 0.15) is 20.7 Å². The average Bonchev–Trinajstić information content (AvgIpc) is 3.36. The average molecular weight is 438 g/mol. The Morgan fingerprint density at radius 3 is 2.58 bits per heavy atom. The lowest BCUT2D eigenvalue weighted by Gasteiger charge is -2.14. The Kier molecular flexibility index (Phi) is 5.43. The van der Waals surface area contributed by atoms with Crippen LogP contribution in [0.3, 0.4) is 0 Å². The SMILES string of the molecule is CN(C)C(=O)c1ccc(Oc2c(C(=O)Nc3ccn(C)n3)ccc3ccsc23)cc1F. The predicted octanol–water partition coefficient (Wildman–Crippen LogP) is 4.52. The van der Waals surface area contributed by atoms with Crippen molar-refractivity contribution in [3.05, 3.63) is 71.0 Å². The number of aryl methyl sites for hydroxylation is 1. The highest BCUT2D eigenvalue weighted by molar-refractivity contribution is 7.17. The van der Waals surface area contributed by atoms with Gasteiger partial charge in [-0.15, -0.1) is 11.3 Å². The Balaban J connectivity index is 1.70. The van der Waals surface area contributed by atoms with Crippen molar-refractivity contribution in [2.75, 3.05) is 19.4 Å². The minimum Gasteiger partial charge on any atom is -0.455 e. The molecule has 0 atom stereocenters. The van der Waals surface area contributed by atoms with Crippen molar-refractivity contribution in [3.8, 4) is 11.5 Å². The summed E-state index contributed by atoms with van der Waals surface area (Å²) >= 11 is 1.41. The number of hydrogen-bond donors (Lipinski definition) is 1. The van der Waals surface area contributed by atoms with Gasteiger partial charge in [0.05, 0.1) is 15.8 Å². The van der Waals surface area contributed by atoms with Gasteiger partial charge >= 0.3 is 0 Å². The summed E-state index contributed by atoms with van der Waals surface area (Å²) in [4.78, 5) is 26.3. The number of ether oxygens (including phenoxy) is 1. The highest BCUT2D eigenvalue weighted by Crippen LogP contribution is 2.37. The van der Waals surface area contributed by atoms with Gasteiger partial charge in [-0.05, 0) is 35.0 Å². The number of halogens is 1. The molecule has 7 nitrogen and oxygen atoms in total. The van der Waals surface area contributed by atoms with Crippen LogP contribution in [0.5, 0.6) is 11.5 Å². The number of hydrogen-bond acceptors (Lipinski definition) is 5. The van der Waals surface area contributed by atoms with Gasteiger partial charge in [-0.2, -0.15) is 5.10 Å². The largest absolute Gasteiger partial charge is 0.455 e. The monoisotopic (exact) mass is 438 g/mol. The van der Waals surface area contributed by atoms with Gasteiger partial charge in [0.15, 0.2) is 11.6 Å². The third-order valence-electron chi connectivity index (χ3n) is 4.57. The fourth-order valence-electron chi connectivity index (χ4n) is 3.04. The van der Waals surface area contributed by atoms with E-state index in [9.17, 15) is 14.0 Å². The molecule has 2 heterocycles. The number of rotatable bonds is 5. The van der Waals surface area contributed by atoms with Crippen molar-refractivity contribution >= 4 is 39.1 Å². The number of nitrogens with one attached hydrogen (secondary N) is 1. The van der Waals surface area contributed by atoms with E-state index in [1.165, 1.54) is 28.4 Å². The van der Waals surface area contributed by atoms with E-state index in [0.717, 1.165) is 16.2 Å². The zero-order chi connectivity index (χ0) is 22.1. The fourth-order valence-corrected chi connectivity index (χ4v) is 3.92. The Bertz CT molecular complexity index is 1300. The second-order valence-corrected chi connectivity index (χ2v) is 7.97. The number of fused-ring (bicyclic) bond motifs is 1. The van der Waals surface area contributed by atoms with Crippen molar-refractivity contribution in [1.82, 2.24) is 14.7 Å². The topological polar surface area (TPSA) is 76.5 Å². The fraction of sp³-hybridized carbons (Fsp3) is 0.136. The summed E-state index contributed by atoms with van der Waals surface area (Å²) in [6.45, 7) is 0. The summed E-state index contributed by atoms with van der Waals surface area (Å²) in [5, 5.41) is 9.68. The Hall–Kier alpha value is -3.72. The molecular formula is C22H19FN4O3S. The highest BCUT2D eigenvalue weighted by Gasteiger charge is 2.20. The second-order valence-electron chi connectivity index (χ2n) is 7.05. The molecule has 4 aromatic rings. The van der Waals surface area contributed by atoms with E-state index in [1.54, 1.807) is 44.2 Å². The van der Waals surface area contributed by atoms with Crippen LogP contribution in [0, 0.1) is 5.82 Å². The quantitative estimate of drug-likeness (QED) is 0.497. The third kappa shape index (κ3) is 4.13. The lowest BCUT2D eigenvalue weighted by atomic mass is 10.1. The van der Waals surface area contributed by atoms with Crippen LogP contribution in [0.2, 0.25) is 0 Å². The number of carbonyl (C=O) groups excluding carboxylic acids is 2. The van der Waals surface area contributed by atoms with Crippen molar-refractivity contribution in [2.24, 2.45) is 7.05 Å². The van der Waals surface area contributed by atoms with Crippen LogP contribution >= 0.6 is 11.3 Å². The molecule has 158 valence electrons. The third-order valence-corrected chi connectivity index (χ3v) is 5.50. The Labute approximate surface area is 181 Å². The minimum absolute atomic E-state index is 0.0557. The van der Waals surface area contributed by atoms with E-state index in [0.29, 0.717) is 11.6 Å². The van der Waals surface area contributed by atoms with Crippen LogP contribution in [0.25, 0.3) is 10.1 Å². The van der Waals surface area contributed by atoms with Gasteiger partial charge in [0.2, 0.25) is 0 Å². The van der Waals surface area contributed by atoms with E-state index in [-0.39, 0.29) is 16.9 Å². The molecule has 0 saturated heterocycles. The van der Waals surface area contributed by atoms with Gasteiger partial charge in [-0.3, -0.25) is 14.3 Å². The summed E-state index contributed by atoms with van der Waals surface area (Å²) in [5.41, 5.74) is 0.231. The summed E-state index contributed by atoms with van der Waals surface area (Å²) in [6, 6.07) is 11.1. The molecule has 0 unspecified atom stereocenters. The summed E-state index contributed by atoms with van der Waals surface area (Å²) in [5.74, 6) is -0.646. The van der Waals surface area contributed by atoms with Crippen molar-refractivity contribution in [2.45, 2.75) is 0 Å². The highest BCUT2D eigenvalue weighted by atomic mass is 32.1. The number of thiophene rings is 1. The zero-order valence-electron chi connectivity index (χ0n) is 17.0. The van der Waals surface area contributed by atoms with Gasteiger partial charge in [-0.1, -0.05) is 6.07 Å². The molecule has 2 amide bonds. The molecule has 0 saturated carbocycles. The first kappa shape index (κ1) is 20.5. The Morgan fingerprint density at radius 2 is 1.90 bits per heavy atom. The molecule has 0 aliphatic carbocycles. The minimum atomic E-state index is -0.700. The zero-order valence-corrected chi connectivity index (χ0v) is 17.9. The molecule has 0 fully saturated rings. The van der Waals surface area contributed by atoms with Crippen LogP contribution < -0.4 is 10.1 Å². The molecule has 9 heteroatoms. The summed E-state index contributed by atoms with van der Waals surface area (Å²) in [7, 11) is 4.85. The van der Waals surface area contributed by atoms with Crippen molar-refractivity contribution in [1.29, 1.82) is 0 Å². The van der Waals surface area contributed by atoms with Crippen LogP contribution in [-0.2, 0) is 7.05 Å². The maximum absolute atomic E-state index is 14.6. The molecule has 0 aliphatic heterocycles. The van der Waals surface area contributed by atoms with Gasteiger partial charge < -0.3 is 15.0 Å². The number of carbonyl (C=O) groups is 2. The van der Waals surface area contributed by atoms with Gasteiger partial charge in [0, 0.05) is 39.5 Å². The van der Waals surface area contributed by atoms with Gasteiger partial charge in [0.1, 0.15) is 11.6 Å². The Morgan fingerprint density at radius 1 is 1.13 bits per heavy atom. The molecule has 2 aromatic carbocycles. The molecule has 0 aliphatic rings. The number of benzene rings is 2. The van der Waals surface area contributed by atoms with E-state index in [2.05, 4.69) is 10.4 Å². The molecule has 1 N–H and O–H groups in total. The summed E-state index contributed by atoms with van der Waals surface area (Å²) in [6.07, 6.45) is 1.72. The molecule has 0 bridgehead atoms. The first-order chi connectivity index (χ1) is 14.8. The first-order valence-electron chi connectivity index (χ1n) is 9.34. The van der Waals surface area contributed by atoms with E-state index in [4.69, 9.17) is 4.74 Å². The second kappa shape index (κ2) is 8.19. The van der Waals surface area contributed by atoms with E-state index >= 15 is 0 Å². The van der Waals surface area contributed by atoms with Gasteiger partial charge in [-0.25, -0.2) is 4.39 Å². The molecule has 0 radical (unpaired) electrons. The number of anilines is 1. The maximum atomic E-state index is 14.6. The summed E-state index contributed by atoms with van der Waals surface area (Å²) < 4.78 is 22.9. The van der Waals surface area contributed by atoms with Crippen LogP contribution in [0.15, 0.2) is 54.0 Å². The van der Waals surface area contributed by atoms with Gasteiger partial charge in [0.25, 0.3) is 11.8 Å². The molecule has 31 heavy (non-hydrogen) atoms. The number of amides is 2. The lowest BCUT2D eigenvalue weighted by Crippen LogP contribution is -2.22. The maximum Gasteiger partial charge on any atom is 0.260 e. The smallest absolute Gasteiger partial charge is 0.260 e. The van der Waals surface area contributed by atoms with E-state index in [1.807, 2.05) is 17.5 Å². The van der Waals surface area contributed by atoms with Crippen molar-refractivity contribution in [3.63, 3.8) is 0 Å². The first-order valence-corrected chi connectivity index (χ1v) is 10.2. The number of nitrogens with zero attached hydrogens (tertiary/aromatic N) is 3. The molecular weight excluding hydrogens is 419 g/mol. The standard InChI is InChI=1S/C22H19FN4O3S/c1-26(2)22(29)15-7-5-14(12-17(15)23)30-19-16(6-4-13-9-11-31-20(13)19)21(28)24-18-8-10-27(3)25-18/h4-12H,1-3H3,(H,24,25,28). The van der Waals surface area contributed by atoms with Crippen molar-refractivity contribution < 1.29 is 18.7 Å². The van der Waals surface area contributed by atoms with Crippen LogP contribution in [0.4, 0.5) is 10.2 Å². The van der Waals surface area contributed by atoms with Crippen LogP contribution in [-0.4, -0.2) is 40.6 Å². The molecule has 2 aromatic heterocycles. The molecule has 4 rings (SSSR count). The van der Waals surface area contributed by atoms with E-state index < -0.39 is 17.6 Å². The number of aromatic nitrogens is 2. The lowest BCUT2D eigenvalue weighted by molar-refractivity contribution is 0.0823.